The Labute approximate surface area is 94.3 Å². The van der Waals surface area contributed by atoms with E-state index in [-0.39, 0.29) is 19.0 Å². The number of nitrogens with two attached hydrogens (primary N) is 1. The summed E-state index contributed by atoms with van der Waals surface area (Å²) in [6.45, 7) is 2.56. The molecule has 0 spiro atoms. The first kappa shape index (κ1) is 12.8. The van der Waals surface area contributed by atoms with Gasteiger partial charge in [0.05, 0.1) is 6.61 Å². The molecule has 1 heterocycles. The molecule has 0 saturated carbocycles. The van der Waals surface area contributed by atoms with E-state index in [1.807, 2.05) is 6.92 Å². The Morgan fingerprint density at radius 1 is 1.56 bits per heavy atom. The van der Waals surface area contributed by atoms with Gasteiger partial charge in [-0.25, -0.2) is 9.59 Å². The van der Waals surface area contributed by atoms with Gasteiger partial charge in [-0.3, -0.25) is 4.90 Å². The fourth-order valence-electron chi connectivity index (χ4n) is 1.69. The molecule has 0 aliphatic carbocycles. The largest absolute Gasteiger partial charge is 0.480 e. The Balaban J connectivity index is 2.50. The highest BCUT2D eigenvalue weighted by Gasteiger charge is 2.38. The topological polar surface area (TPSA) is 92.9 Å². The van der Waals surface area contributed by atoms with Crippen molar-refractivity contribution in [1.82, 2.24) is 4.90 Å². The number of rotatable bonds is 4. The van der Waals surface area contributed by atoms with Crippen LogP contribution in [-0.2, 0) is 9.53 Å². The summed E-state index contributed by atoms with van der Waals surface area (Å²) in [5.74, 6) is -1.03. The molecule has 1 aliphatic heterocycles. The van der Waals surface area contributed by atoms with Gasteiger partial charge in [-0.05, 0) is 12.8 Å². The highest BCUT2D eigenvalue weighted by molar-refractivity contribution is 5.80. The van der Waals surface area contributed by atoms with Crippen LogP contribution in [0, 0.1) is 0 Å². The highest BCUT2D eigenvalue weighted by atomic mass is 16.6. The van der Waals surface area contributed by atoms with Gasteiger partial charge in [0.2, 0.25) is 0 Å². The summed E-state index contributed by atoms with van der Waals surface area (Å²) in [7, 11) is 0. The normalized spacial score (nSPS) is 24.5. The average molecular weight is 230 g/mol. The highest BCUT2D eigenvalue weighted by Crippen LogP contribution is 2.17. The Morgan fingerprint density at radius 2 is 2.25 bits per heavy atom. The molecule has 1 amide bonds. The number of amides is 1. The fourth-order valence-corrected chi connectivity index (χ4v) is 1.69. The van der Waals surface area contributed by atoms with Gasteiger partial charge in [0.25, 0.3) is 0 Å². The van der Waals surface area contributed by atoms with Crippen LogP contribution in [0.5, 0.6) is 0 Å². The minimum Gasteiger partial charge on any atom is -0.480 e. The smallest absolute Gasteiger partial charge is 0.410 e. The zero-order valence-corrected chi connectivity index (χ0v) is 9.39. The molecule has 1 unspecified atom stereocenters. The maximum atomic E-state index is 11.6. The molecule has 92 valence electrons. The number of ether oxygens (including phenoxy) is 1. The van der Waals surface area contributed by atoms with Crippen molar-refractivity contribution in [3.8, 4) is 0 Å². The summed E-state index contributed by atoms with van der Waals surface area (Å²) in [5, 5.41) is 8.92. The van der Waals surface area contributed by atoms with Crippen molar-refractivity contribution >= 4 is 12.1 Å². The molecule has 0 aromatic carbocycles. The lowest BCUT2D eigenvalue weighted by atomic mass is 10.2. The summed E-state index contributed by atoms with van der Waals surface area (Å²) in [6.07, 6.45) is 1.42. The van der Waals surface area contributed by atoms with Crippen molar-refractivity contribution in [1.29, 1.82) is 0 Å². The zero-order chi connectivity index (χ0) is 12.1. The number of nitrogens with zero attached hydrogens (tertiary/aromatic N) is 1. The van der Waals surface area contributed by atoms with Gasteiger partial charge in [-0.15, -0.1) is 0 Å². The number of carboxylic acid groups (broad SMARTS) is 1. The molecule has 0 bridgehead atoms. The van der Waals surface area contributed by atoms with E-state index < -0.39 is 18.1 Å². The monoisotopic (exact) mass is 230 g/mol. The van der Waals surface area contributed by atoms with Crippen molar-refractivity contribution in [2.45, 2.75) is 38.3 Å². The van der Waals surface area contributed by atoms with E-state index in [2.05, 4.69) is 0 Å². The number of likely N-dealkylation sites (tertiary alicyclic amines) is 1. The van der Waals surface area contributed by atoms with Crippen LogP contribution >= 0.6 is 0 Å². The van der Waals surface area contributed by atoms with Crippen molar-refractivity contribution in [2.24, 2.45) is 5.73 Å². The molecule has 1 fully saturated rings. The maximum Gasteiger partial charge on any atom is 0.410 e. The van der Waals surface area contributed by atoms with Crippen LogP contribution in [-0.4, -0.2) is 47.3 Å². The van der Waals surface area contributed by atoms with Crippen LogP contribution in [0.1, 0.15) is 26.2 Å². The predicted molar refractivity (Wildman–Crippen MR) is 57.0 cm³/mol. The van der Waals surface area contributed by atoms with Gasteiger partial charge in [-0.2, -0.15) is 0 Å². The fraction of sp³-hybridized carbons (Fsp3) is 0.800. The molecule has 1 aliphatic rings. The Hall–Kier alpha value is -1.30. The van der Waals surface area contributed by atoms with E-state index in [1.54, 1.807) is 0 Å². The van der Waals surface area contributed by atoms with Crippen LogP contribution < -0.4 is 5.73 Å². The summed E-state index contributed by atoms with van der Waals surface area (Å²) >= 11 is 0. The summed E-state index contributed by atoms with van der Waals surface area (Å²) < 4.78 is 4.96. The maximum absolute atomic E-state index is 11.6. The number of carboxylic acids is 1. The van der Waals surface area contributed by atoms with Crippen molar-refractivity contribution < 1.29 is 19.4 Å². The van der Waals surface area contributed by atoms with Gasteiger partial charge in [0.1, 0.15) is 6.04 Å². The van der Waals surface area contributed by atoms with Crippen LogP contribution in [0.25, 0.3) is 0 Å². The van der Waals surface area contributed by atoms with Gasteiger partial charge < -0.3 is 15.6 Å². The number of aliphatic carboxylic acids is 1. The van der Waals surface area contributed by atoms with Crippen LogP contribution in [0.15, 0.2) is 0 Å². The Morgan fingerprint density at radius 3 is 2.81 bits per heavy atom. The summed E-state index contributed by atoms with van der Waals surface area (Å²) in [6, 6.07) is -1.12. The van der Waals surface area contributed by atoms with Crippen molar-refractivity contribution in [3.63, 3.8) is 0 Å². The average Bonchev–Trinajstić information content (AvgIpc) is 2.61. The molecule has 0 aromatic heterocycles. The Kier molecular flexibility index (Phi) is 4.54. The van der Waals surface area contributed by atoms with Gasteiger partial charge in [0.15, 0.2) is 0 Å². The van der Waals surface area contributed by atoms with E-state index >= 15 is 0 Å². The molecule has 3 N–H and O–H groups in total. The van der Waals surface area contributed by atoms with E-state index in [0.29, 0.717) is 6.61 Å². The first-order valence-corrected chi connectivity index (χ1v) is 5.48. The van der Waals surface area contributed by atoms with Crippen molar-refractivity contribution in [3.05, 3.63) is 0 Å². The number of carbonyl (C=O) groups excluding carboxylic acids is 1. The number of unbranched alkanes of at least 4 members (excludes halogenated alkanes) is 1. The second-order valence-corrected chi connectivity index (χ2v) is 3.97. The van der Waals surface area contributed by atoms with Crippen LogP contribution in [0.2, 0.25) is 0 Å². The SMILES string of the molecule is CCCCOC(=O)N1C[C@H](N)CC1C(=O)O. The minimum atomic E-state index is -1.03. The third-order valence-corrected chi connectivity index (χ3v) is 2.58. The second-order valence-electron chi connectivity index (χ2n) is 3.97. The van der Waals surface area contributed by atoms with Crippen molar-refractivity contribution in [2.75, 3.05) is 13.2 Å². The molecule has 2 atom stereocenters. The zero-order valence-electron chi connectivity index (χ0n) is 9.39. The summed E-state index contributed by atoms with van der Waals surface area (Å²) in [4.78, 5) is 23.6. The molecular formula is C10H18N2O4. The lowest BCUT2D eigenvalue weighted by molar-refractivity contribution is -0.141. The van der Waals surface area contributed by atoms with Gasteiger partial charge in [0, 0.05) is 12.6 Å². The van der Waals surface area contributed by atoms with E-state index in [9.17, 15) is 9.59 Å². The van der Waals surface area contributed by atoms with Gasteiger partial charge >= 0.3 is 12.1 Å². The number of hydrogen-bond acceptors (Lipinski definition) is 4. The Bertz CT molecular complexity index is 270. The third-order valence-electron chi connectivity index (χ3n) is 2.58. The number of carbonyl (C=O) groups is 2. The lowest BCUT2D eigenvalue weighted by Gasteiger charge is -2.20. The molecule has 1 saturated heterocycles. The molecule has 0 aromatic rings. The quantitative estimate of drug-likeness (QED) is 0.682. The van der Waals surface area contributed by atoms with Crippen LogP contribution in [0.4, 0.5) is 4.79 Å². The second kappa shape index (κ2) is 5.69. The molecule has 6 nitrogen and oxygen atoms in total. The molecule has 0 radical (unpaired) electrons. The predicted octanol–water partition coefficient (Wildman–Crippen LogP) is 0.409. The number of hydrogen-bond donors (Lipinski definition) is 2. The molecular weight excluding hydrogens is 212 g/mol. The van der Waals surface area contributed by atoms with E-state index in [1.165, 1.54) is 4.90 Å². The first-order chi connectivity index (χ1) is 7.56. The molecule has 1 rings (SSSR count). The summed E-state index contributed by atoms with van der Waals surface area (Å²) in [5.41, 5.74) is 5.63. The van der Waals surface area contributed by atoms with E-state index in [4.69, 9.17) is 15.6 Å². The van der Waals surface area contributed by atoms with Crippen LogP contribution in [0.3, 0.4) is 0 Å². The molecule has 16 heavy (non-hydrogen) atoms. The lowest BCUT2D eigenvalue weighted by Crippen LogP contribution is -2.41. The molecule has 6 heteroatoms. The van der Waals surface area contributed by atoms with E-state index in [0.717, 1.165) is 12.8 Å². The third kappa shape index (κ3) is 3.10. The van der Waals surface area contributed by atoms with Gasteiger partial charge in [-0.1, -0.05) is 13.3 Å². The first-order valence-electron chi connectivity index (χ1n) is 5.48. The minimum absolute atomic E-state index is 0.252. The standard InChI is InChI=1S/C10H18N2O4/c1-2-3-4-16-10(15)12-6-7(11)5-8(12)9(13)14/h7-8H,2-6,11H2,1H3,(H,13,14)/t7-,8?/m1/s1.